The highest BCUT2D eigenvalue weighted by Gasteiger charge is 2.32. The number of rotatable bonds is 2. The molecule has 0 N–H and O–H groups in total. The summed E-state index contributed by atoms with van der Waals surface area (Å²) in [4.78, 5) is 0. The minimum Gasteiger partial charge on any atom is -0.492 e. The first-order valence-corrected chi connectivity index (χ1v) is 7.30. The molecule has 2 nitrogen and oxygen atoms in total. The zero-order chi connectivity index (χ0) is 14.5. The highest BCUT2D eigenvalue weighted by Crippen LogP contribution is 2.42. The average molecular weight is 291 g/mol. The van der Waals surface area contributed by atoms with Crippen LogP contribution in [0.1, 0.15) is 47.4 Å². The van der Waals surface area contributed by atoms with Crippen molar-refractivity contribution in [1.29, 1.82) is 0 Å². The molecule has 1 aromatic carbocycles. The van der Waals surface area contributed by atoms with Crippen molar-refractivity contribution < 1.29 is 9.15 Å². The summed E-state index contributed by atoms with van der Waals surface area (Å²) in [6.45, 7) is 9.01. The highest BCUT2D eigenvalue weighted by atomic mass is 35.5. The molecule has 1 unspecified atom stereocenters. The Kier molecular flexibility index (Phi) is 3.09. The van der Waals surface area contributed by atoms with Crippen molar-refractivity contribution in [3.8, 4) is 5.75 Å². The van der Waals surface area contributed by atoms with E-state index in [1.165, 1.54) is 5.56 Å². The van der Waals surface area contributed by atoms with E-state index in [4.69, 9.17) is 20.8 Å². The van der Waals surface area contributed by atoms with Crippen LogP contribution in [0.4, 0.5) is 0 Å². The molecule has 0 radical (unpaired) electrons. The first-order valence-electron chi connectivity index (χ1n) is 6.87. The number of halogens is 1. The Bertz CT molecular complexity index is 655. The summed E-state index contributed by atoms with van der Waals surface area (Å²) in [7, 11) is 0. The molecule has 1 atom stereocenters. The zero-order valence-corrected chi connectivity index (χ0v) is 13.0. The normalized spacial score (nSPS) is 17.6. The minimum absolute atomic E-state index is 0.0450. The summed E-state index contributed by atoms with van der Waals surface area (Å²) in [5, 5.41) is -0.186. The molecule has 106 valence electrons. The number of benzene rings is 1. The topological polar surface area (TPSA) is 22.4 Å². The summed E-state index contributed by atoms with van der Waals surface area (Å²) in [5.74, 6) is 2.76. The summed E-state index contributed by atoms with van der Waals surface area (Å²) in [6, 6.07) is 8.25. The van der Waals surface area contributed by atoms with Crippen LogP contribution in [0.5, 0.6) is 5.75 Å². The largest absolute Gasteiger partial charge is 0.492 e. The fraction of sp³-hybridized carbons (Fsp3) is 0.412. The SMILES string of the molecule is Cc1cc(C(Cl)c2ccc3c(c2)C(C)(C)CO3)c(C)o1. The monoisotopic (exact) mass is 290 g/mol. The second kappa shape index (κ2) is 4.56. The van der Waals surface area contributed by atoms with Crippen LogP contribution in [-0.4, -0.2) is 6.61 Å². The van der Waals surface area contributed by atoms with E-state index < -0.39 is 0 Å². The maximum absolute atomic E-state index is 6.64. The van der Waals surface area contributed by atoms with Gasteiger partial charge in [0, 0.05) is 16.5 Å². The maximum Gasteiger partial charge on any atom is 0.123 e. The van der Waals surface area contributed by atoms with Gasteiger partial charge in [-0.1, -0.05) is 19.9 Å². The van der Waals surface area contributed by atoms with Crippen molar-refractivity contribution in [2.75, 3.05) is 6.61 Å². The number of hydrogen-bond acceptors (Lipinski definition) is 2. The van der Waals surface area contributed by atoms with Crippen molar-refractivity contribution in [1.82, 2.24) is 0 Å². The molecular weight excluding hydrogens is 272 g/mol. The molecule has 20 heavy (non-hydrogen) atoms. The molecule has 3 rings (SSSR count). The molecule has 3 heteroatoms. The molecule has 0 fully saturated rings. The highest BCUT2D eigenvalue weighted by molar-refractivity contribution is 6.22. The van der Waals surface area contributed by atoms with E-state index in [2.05, 4.69) is 19.9 Å². The first kappa shape index (κ1) is 13.6. The molecule has 0 bridgehead atoms. The van der Waals surface area contributed by atoms with E-state index in [0.717, 1.165) is 35.0 Å². The minimum atomic E-state index is -0.186. The van der Waals surface area contributed by atoms with Gasteiger partial charge < -0.3 is 9.15 Å². The van der Waals surface area contributed by atoms with Gasteiger partial charge in [-0.2, -0.15) is 0 Å². The number of ether oxygens (including phenoxy) is 1. The summed E-state index contributed by atoms with van der Waals surface area (Å²) >= 11 is 6.64. The van der Waals surface area contributed by atoms with Gasteiger partial charge in [0.05, 0.1) is 12.0 Å². The molecule has 0 amide bonds. The predicted octanol–water partition coefficient (Wildman–Crippen LogP) is 4.89. The van der Waals surface area contributed by atoms with Crippen LogP contribution in [0.3, 0.4) is 0 Å². The Hall–Kier alpha value is -1.41. The van der Waals surface area contributed by atoms with Crippen LogP contribution in [0, 0.1) is 13.8 Å². The molecule has 1 aliphatic rings. The van der Waals surface area contributed by atoms with Gasteiger partial charge in [0.1, 0.15) is 17.3 Å². The molecule has 0 saturated carbocycles. The lowest BCUT2D eigenvalue weighted by molar-refractivity contribution is 0.291. The van der Waals surface area contributed by atoms with Crippen molar-refractivity contribution >= 4 is 11.6 Å². The molecule has 2 aromatic rings. The summed E-state index contributed by atoms with van der Waals surface area (Å²) in [5.41, 5.74) is 3.41. The van der Waals surface area contributed by atoms with Gasteiger partial charge in [0.25, 0.3) is 0 Å². The third-order valence-electron chi connectivity index (χ3n) is 3.97. The van der Waals surface area contributed by atoms with Crippen molar-refractivity contribution in [2.45, 2.75) is 38.5 Å². The molecule has 0 spiro atoms. The third-order valence-corrected chi connectivity index (χ3v) is 4.45. The number of fused-ring (bicyclic) bond motifs is 1. The van der Waals surface area contributed by atoms with E-state index in [1.807, 2.05) is 32.0 Å². The number of aryl methyl sites for hydroxylation is 2. The fourth-order valence-corrected chi connectivity index (χ4v) is 3.13. The fourth-order valence-electron chi connectivity index (χ4n) is 2.78. The molecular formula is C17H19ClO2. The van der Waals surface area contributed by atoms with Crippen molar-refractivity contribution in [2.24, 2.45) is 0 Å². The average Bonchev–Trinajstić information content (AvgIpc) is 2.88. The molecule has 1 aromatic heterocycles. The van der Waals surface area contributed by atoms with E-state index in [9.17, 15) is 0 Å². The Morgan fingerprint density at radius 1 is 1.20 bits per heavy atom. The Labute approximate surface area is 124 Å². The Morgan fingerprint density at radius 3 is 2.60 bits per heavy atom. The van der Waals surface area contributed by atoms with E-state index in [-0.39, 0.29) is 10.8 Å². The molecule has 0 saturated heterocycles. The van der Waals surface area contributed by atoms with Crippen molar-refractivity contribution in [3.63, 3.8) is 0 Å². The quantitative estimate of drug-likeness (QED) is 0.734. The van der Waals surface area contributed by atoms with Crippen LogP contribution >= 0.6 is 11.6 Å². The second-order valence-corrected chi connectivity index (χ2v) is 6.60. The van der Waals surface area contributed by atoms with Gasteiger partial charge in [-0.15, -0.1) is 11.6 Å². The van der Waals surface area contributed by atoms with Gasteiger partial charge >= 0.3 is 0 Å². The molecule has 1 aliphatic heterocycles. The summed E-state index contributed by atoms with van der Waals surface area (Å²) < 4.78 is 11.3. The van der Waals surface area contributed by atoms with Crippen molar-refractivity contribution in [3.05, 3.63) is 52.5 Å². The van der Waals surface area contributed by atoms with Gasteiger partial charge in [-0.25, -0.2) is 0 Å². The summed E-state index contributed by atoms with van der Waals surface area (Å²) in [6.07, 6.45) is 0. The molecule has 2 heterocycles. The first-order chi connectivity index (χ1) is 9.38. The Morgan fingerprint density at radius 2 is 1.95 bits per heavy atom. The van der Waals surface area contributed by atoms with Gasteiger partial charge in [-0.3, -0.25) is 0 Å². The predicted molar refractivity (Wildman–Crippen MR) is 80.8 cm³/mol. The standard InChI is InChI=1S/C17H19ClO2/c1-10-7-13(11(2)20-10)16(18)12-5-6-15-14(8-12)17(3,4)9-19-15/h5-8,16H,9H2,1-4H3. The zero-order valence-electron chi connectivity index (χ0n) is 12.3. The van der Waals surface area contributed by atoms with E-state index >= 15 is 0 Å². The number of hydrogen-bond donors (Lipinski definition) is 0. The second-order valence-electron chi connectivity index (χ2n) is 6.16. The lowest BCUT2D eigenvalue weighted by Crippen LogP contribution is -2.18. The van der Waals surface area contributed by atoms with Crippen LogP contribution in [0.25, 0.3) is 0 Å². The van der Waals surface area contributed by atoms with Gasteiger partial charge in [-0.05, 0) is 37.6 Å². The van der Waals surface area contributed by atoms with Gasteiger partial charge in [0.15, 0.2) is 0 Å². The number of alkyl halides is 1. The lowest BCUT2D eigenvalue weighted by atomic mass is 9.85. The maximum atomic E-state index is 6.64. The molecule has 0 aliphatic carbocycles. The third kappa shape index (κ3) is 2.12. The van der Waals surface area contributed by atoms with Crippen LogP contribution in [0.2, 0.25) is 0 Å². The van der Waals surface area contributed by atoms with E-state index in [0.29, 0.717) is 0 Å². The smallest absolute Gasteiger partial charge is 0.123 e. The lowest BCUT2D eigenvalue weighted by Gasteiger charge is -2.17. The number of furan rings is 1. The van der Waals surface area contributed by atoms with Crippen LogP contribution < -0.4 is 4.74 Å². The van der Waals surface area contributed by atoms with Crippen LogP contribution in [-0.2, 0) is 5.41 Å². The van der Waals surface area contributed by atoms with Crippen LogP contribution in [0.15, 0.2) is 28.7 Å². The van der Waals surface area contributed by atoms with E-state index in [1.54, 1.807) is 0 Å². The van der Waals surface area contributed by atoms with Gasteiger partial charge in [0.2, 0.25) is 0 Å². The Balaban J connectivity index is 2.02.